The van der Waals surface area contributed by atoms with Crippen LogP contribution in [0.15, 0.2) is 72.8 Å². The van der Waals surface area contributed by atoms with Crippen molar-refractivity contribution < 1.29 is 23.6 Å². The van der Waals surface area contributed by atoms with E-state index in [4.69, 9.17) is 0 Å². The Labute approximate surface area is 237 Å². The lowest BCUT2D eigenvalue weighted by Gasteiger charge is -2.43. The van der Waals surface area contributed by atoms with E-state index in [0.717, 1.165) is 6.07 Å². The maximum atomic E-state index is 15.3. The zero-order valence-electron chi connectivity index (χ0n) is 22.8. The van der Waals surface area contributed by atoms with E-state index in [-0.39, 0.29) is 48.5 Å². The Balaban J connectivity index is 1.20. The molecule has 3 aromatic carbocycles. The molecule has 41 heavy (non-hydrogen) atoms. The van der Waals surface area contributed by atoms with Crippen molar-refractivity contribution in [3.63, 3.8) is 0 Å². The van der Waals surface area contributed by atoms with Crippen LogP contribution in [0.2, 0.25) is 0 Å². The van der Waals surface area contributed by atoms with Gasteiger partial charge in [-0.3, -0.25) is 29.4 Å². The second-order valence-corrected chi connectivity index (χ2v) is 11.0. The third-order valence-electron chi connectivity index (χ3n) is 8.36. The van der Waals surface area contributed by atoms with Crippen molar-refractivity contribution >= 4 is 23.6 Å². The molecule has 3 aliphatic heterocycles. The van der Waals surface area contributed by atoms with Crippen LogP contribution in [0.3, 0.4) is 0 Å². The summed E-state index contributed by atoms with van der Waals surface area (Å²) in [6, 6.07) is 22.1. The number of benzene rings is 3. The summed E-state index contributed by atoms with van der Waals surface area (Å²) in [5, 5.41) is 2.26. The molecule has 0 bridgehead atoms. The Bertz CT molecular complexity index is 1470. The first-order valence-corrected chi connectivity index (χ1v) is 13.9. The van der Waals surface area contributed by atoms with Crippen molar-refractivity contribution in [2.75, 3.05) is 19.6 Å². The third-order valence-corrected chi connectivity index (χ3v) is 8.36. The molecule has 2 saturated heterocycles. The van der Waals surface area contributed by atoms with E-state index in [1.807, 2.05) is 43.3 Å². The Morgan fingerprint density at radius 2 is 1.61 bits per heavy atom. The van der Waals surface area contributed by atoms with Gasteiger partial charge in [-0.15, -0.1) is 0 Å². The normalized spacial score (nSPS) is 21.3. The molecule has 2 atom stereocenters. The molecule has 0 aliphatic carbocycles. The van der Waals surface area contributed by atoms with Crippen LogP contribution in [0.1, 0.15) is 63.2 Å². The molecule has 3 aliphatic rings. The molecule has 0 aromatic heterocycles. The van der Waals surface area contributed by atoms with Gasteiger partial charge in [0, 0.05) is 44.2 Å². The van der Waals surface area contributed by atoms with Crippen LogP contribution in [0.25, 0.3) is 0 Å². The highest BCUT2D eigenvalue weighted by atomic mass is 19.1. The predicted octanol–water partition coefficient (Wildman–Crippen LogP) is 3.52. The molecule has 8 nitrogen and oxygen atoms in total. The van der Waals surface area contributed by atoms with E-state index >= 15 is 4.39 Å². The molecule has 3 heterocycles. The van der Waals surface area contributed by atoms with Crippen LogP contribution in [-0.4, -0.2) is 70.0 Å². The third kappa shape index (κ3) is 5.02. The van der Waals surface area contributed by atoms with E-state index < -0.39 is 29.6 Å². The molecule has 4 amide bonds. The van der Waals surface area contributed by atoms with Gasteiger partial charge in [0.05, 0.1) is 11.6 Å². The van der Waals surface area contributed by atoms with Crippen LogP contribution in [-0.2, 0) is 16.1 Å². The maximum absolute atomic E-state index is 15.3. The largest absolute Gasteiger partial charge is 0.333 e. The molecule has 210 valence electrons. The number of rotatable bonds is 5. The first kappa shape index (κ1) is 26.8. The average molecular weight is 555 g/mol. The van der Waals surface area contributed by atoms with E-state index in [0.29, 0.717) is 25.2 Å². The minimum Gasteiger partial charge on any atom is -0.333 e. The van der Waals surface area contributed by atoms with Gasteiger partial charge in [0.2, 0.25) is 11.8 Å². The molecule has 6 rings (SSSR count). The molecule has 1 N–H and O–H groups in total. The lowest BCUT2D eigenvalue weighted by atomic mass is 9.95. The van der Waals surface area contributed by atoms with Crippen molar-refractivity contribution in [3.05, 3.63) is 106 Å². The number of carbonyl (C=O) groups excluding carboxylic acids is 4. The lowest BCUT2D eigenvalue weighted by Crippen LogP contribution is -2.55. The number of hydrogen-bond donors (Lipinski definition) is 1. The van der Waals surface area contributed by atoms with Gasteiger partial charge in [-0.2, -0.15) is 0 Å². The molecule has 1 unspecified atom stereocenters. The molecule has 2 fully saturated rings. The van der Waals surface area contributed by atoms with Gasteiger partial charge >= 0.3 is 0 Å². The van der Waals surface area contributed by atoms with Gasteiger partial charge in [0.1, 0.15) is 11.9 Å². The Morgan fingerprint density at radius 3 is 2.22 bits per heavy atom. The van der Waals surface area contributed by atoms with E-state index in [1.54, 1.807) is 4.90 Å². The van der Waals surface area contributed by atoms with Crippen LogP contribution >= 0.6 is 0 Å². The zero-order valence-corrected chi connectivity index (χ0v) is 22.8. The second-order valence-electron chi connectivity index (χ2n) is 11.0. The standard InChI is InChI=1S/C32H31FN4O4/c1-20-18-35(29(21-8-4-2-5-9-21)22-10-6-3-7-11-22)14-15-36(20)32(41)25-16-23-19-37(31(40)24(23)17-26(25)33)27-12-13-28(38)34-30(27)39/h2-11,16-17,20,27,29H,12-15,18-19H2,1H3,(H,34,38,39)/t20-,27?/m1/s1. The zero-order chi connectivity index (χ0) is 28.7. The molecular formula is C32H31FN4O4. The van der Waals surface area contributed by atoms with Crippen LogP contribution in [0, 0.1) is 5.82 Å². The summed E-state index contributed by atoms with van der Waals surface area (Å²) >= 11 is 0. The fourth-order valence-corrected chi connectivity index (χ4v) is 6.31. The first-order valence-electron chi connectivity index (χ1n) is 13.9. The number of piperidine rings is 1. The molecule has 9 heteroatoms. The van der Waals surface area contributed by atoms with Gasteiger partial charge in [-0.25, -0.2) is 4.39 Å². The summed E-state index contributed by atoms with van der Waals surface area (Å²) in [7, 11) is 0. The first-order chi connectivity index (χ1) is 19.8. The number of piperazine rings is 1. The number of nitrogens with one attached hydrogen (secondary N) is 1. The van der Waals surface area contributed by atoms with Crippen LogP contribution < -0.4 is 5.32 Å². The molecule has 0 spiro atoms. The van der Waals surface area contributed by atoms with E-state index in [9.17, 15) is 19.2 Å². The maximum Gasteiger partial charge on any atom is 0.257 e. The Morgan fingerprint density at radius 1 is 0.951 bits per heavy atom. The number of amides is 4. The summed E-state index contributed by atoms with van der Waals surface area (Å²) < 4.78 is 15.3. The average Bonchev–Trinajstić information content (AvgIpc) is 3.28. The fourth-order valence-electron chi connectivity index (χ4n) is 6.31. The Kier molecular flexibility index (Phi) is 7.13. The Hall–Kier alpha value is -4.37. The number of hydrogen-bond acceptors (Lipinski definition) is 5. The van der Waals surface area contributed by atoms with Crippen LogP contribution in [0.4, 0.5) is 4.39 Å². The number of fused-ring (bicyclic) bond motifs is 1. The van der Waals surface area contributed by atoms with Crippen molar-refractivity contribution in [2.45, 2.75) is 44.4 Å². The predicted molar refractivity (Wildman–Crippen MR) is 149 cm³/mol. The highest BCUT2D eigenvalue weighted by Crippen LogP contribution is 2.33. The van der Waals surface area contributed by atoms with Gasteiger partial charge < -0.3 is 9.80 Å². The number of nitrogens with zero attached hydrogens (tertiary/aromatic N) is 3. The van der Waals surface area contributed by atoms with Crippen LogP contribution in [0.5, 0.6) is 0 Å². The monoisotopic (exact) mass is 554 g/mol. The molecule has 0 saturated carbocycles. The molecule has 3 aromatic rings. The summed E-state index contributed by atoms with van der Waals surface area (Å²) in [5.41, 5.74) is 2.91. The highest BCUT2D eigenvalue weighted by Gasteiger charge is 2.40. The van der Waals surface area contributed by atoms with Crippen molar-refractivity contribution in [3.8, 4) is 0 Å². The van der Waals surface area contributed by atoms with Crippen molar-refractivity contribution in [2.24, 2.45) is 0 Å². The number of carbonyl (C=O) groups is 4. The number of halogens is 1. The number of imide groups is 1. The minimum atomic E-state index is -0.801. The SMILES string of the molecule is C[C@@H]1CN(C(c2ccccc2)c2ccccc2)CCN1C(=O)c1cc2c(cc1F)C(=O)N(C1CCC(=O)NC1=O)C2. The summed E-state index contributed by atoms with van der Waals surface area (Å²) in [5.74, 6) is -2.55. The fraction of sp³-hybridized carbons (Fsp3) is 0.312. The summed E-state index contributed by atoms with van der Waals surface area (Å²) in [6.45, 7) is 3.69. The quantitative estimate of drug-likeness (QED) is 0.488. The second kappa shape index (κ2) is 10.9. The van der Waals surface area contributed by atoms with Gasteiger partial charge in [-0.05, 0) is 42.2 Å². The topological polar surface area (TPSA) is 90.0 Å². The summed E-state index contributed by atoms with van der Waals surface area (Å²) in [6.07, 6.45) is 0.349. The van der Waals surface area contributed by atoms with Crippen molar-refractivity contribution in [1.82, 2.24) is 20.0 Å². The van der Waals surface area contributed by atoms with Gasteiger partial charge in [0.25, 0.3) is 11.8 Å². The smallest absolute Gasteiger partial charge is 0.257 e. The van der Waals surface area contributed by atoms with E-state index in [2.05, 4.69) is 34.5 Å². The minimum absolute atomic E-state index is 0.0260. The van der Waals surface area contributed by atoms with Gasteiger partial charge in [0.15, 0.2) is 0 Å². The van der Waals surface area contributed by atoms with E-state index in [1.165, 1.54) is 22.1 Å². The molecule has 0 radical (unpaired) electrons. The lowest BCUT2D eigenvalue weighted by molar-refractivity contribution is -0.136. The van der Waals surface area contributed by atoms with Crippen molar-refractivity contribution in [1.29, 1.82) is 0 Å². The summed E-state index contributed by atoms with van der Waals surface area (Å²) in [4.78, 5) is 56.0. The van der Waals surface area contributed by atoms with Gasteiger partial charge in [-0.1, -0.05) is 60.7 Å². The molecular weight excluding hydrogens is 523 g/mol. The highest BCUT2D eigenvalue weighted by molar-refractivity contribution is 6.06.